The molecule has 3 N–H and O–H groups in total. The average molecular weight is 327 g/mol. The van der Waals surface area contributed by atoms with Crippen LogP contribution in [0.25, 0.3) is 0 Å². The lowest BCUT2D eigenvalue weighted by molar-refractivity contribution is 0.101. The predicted octanol–water partition coefficient (Wildman–Crippen LogP) is 2.46. The lowest BCUT2D eigenvalue weighted by Gasteiger charge is -2.07. The Balaban J connectivity index is 2.28. The Kier molecular flexibility index (Phi) is 3.57. The molecule has 0 unspecified atom stereocenters. The first kappa shape index (κ1) is 13.5. The molecule has 0 radical (unpaired) electrons. The van der Waals surface area contributed by atoms with Gasteiger partial charge in [0.25, 0.3) is 5.91 Å². The monoisotopic (exact) mass is 326 g/mol. The number of nitrogens with zero attached hydrogens (tertiary/aromatic N) is 2. The van der Waals surface area contributed by atoms with Crippen molar-refractivity contribution in [3.63, 3.8) is 0 Å². The van der Waals surface area contributed by atoms with Crippen molar-refractivity contribution in [2.24, 2.45) is 7.05 Å². The van der Waals surface area contributed by atoms with Gasteiger partial charge in [0.2, 0.25) is 0 Å². The van der Waals surface area contributed by atoms with Crippen LogP contribution in [0.4, 0.5) is 15.8 Å². The lowest BCUT2D eigenvalue weighted by Crippen LogP contribution is -2.17. The molecular weight excluding hydrogens is 315 g/mol. The van der Waals surface area contributed by atoms with Gasteiger partial charge in [-0.15, -0.1) is 0 Å². The third-order valence-electron chi connectivity index (χ3n) is 2.66. The number of nitrogen functional groups attached to an aromatic ring is 1. The van der Waals surface area contributed by atoms with Crippen LogP contribution in [0.1, 0.15) is 16.2 Å². The fourth-order valence-corrected chi connectivity index (χ4v) is 2.09. The molecule has 19 heavy (non-hydrogen) atoms. The van der Waals surface area contributed by atoms with Crippen LogP contribution in [0.3, 0.4) is 0 Å². The number of nitrogens with one attached hydrogen (secondary N) is 1. The Morgan fingerprint density at radius 2 is 2.21 bits per heavy atom. The van der Waals surface area contributed by atoms with Gasteiger partial charge in [-0.2, -0.15) is 5.10 Å². The Labute approximate surface area is 117 Å². The highest BCUT2D eigenvalue weighted by Gasteiger charge is 2.18. The second-order valence-corrected chi connectivity index (χ2v) is 4.91. The molecule has 0 saturated heterocycles. The van der Waals surface area contributed by atoms with Crippen LogP contribution in [0.15, 0.2) is 22.7 Å². The summed E-state index contributed by atoms with van der Waals surface area (Å²) in [7, 11) is 1.64. The van der Waals surface area contributed by atoms with Crippen LogP contribution < -0.4 is 11.1 Å². The van der Waals surface area contributed by atoms with E-state index in [1.165, 1.54) is 22.9 Å². The Morgan fingerprint density at radius 1 is 1.53 bits per heavy atom. The Hall–Kier alpha value is -1.89. The lowest BCUT2D eigenvalue weighted by atomic mass is 10.2. The molecule has 0 aliphatic rings. The van der Waals surface area contributed by atoms with E-state index in [0.717, 1.165) is 0 Å². The Bertz CT molecular complexity index is 653. The van der Waals surface area contributed by atoms with Gasteiger partial charge in [0.05, 0.1) is 15.9 Å². The van der Waals surface area contributed by atoms with Crippen molar-refractivity contribution in [1.29, 1.82) is 0 Å². The fraction of sp³-hybridized carbons (Fsp3) is 0.167. The van der Waals surface area contributed by atoms with Gasteiger partial charge >= 0.3 is 0 Å². The van der Waals surface area contributed by atoms with Crippen molar-refractivity contribution in [2.75, 3.05) is 11.1 Å². The highest BCUT2D eigenvalue weighted by molar-refractivity contribution is 9.10. The second-order valence-electron chi connectivity index (χ2n) is 4.05. The molecule has 1 aromatic carbocycles. The minimum atomic E-state index is -0.395. The molecule has 0 aliphatic carbocycles. The number of nitrogens with two attached hydrogens (primary N) is 1. The van der Waals surface area contributed by atoms with E-state index >= 15 is 0 Å². The standard InChI is InChI=1S/C12H12BrFN4O/c1-6-10(15)11(18(2)17-6)12(19)16-7-3-4-9(14)8(13)5-7/h3-5H,15H2,1-2H3,(H,16,19). The largest absolute Gasteiger partial charge is 0.395 e. The summed E-state index contributed by atoms with van der Waals surface area (Å²) < 4.78 is 14.8. The fourth-order valence-electron chi connectivity index (χ4n) is 1.71. The molecule has 0 atom stereocenters. The zero-order chi connectivity index (χ0) is 14.2. The highest BCUT2D eigenvalue weighted by atomic mass is 79.9. The summed E-state index contributed by atoms with van der Waals surface area (Å²) in [6, 6.07) is 4.21. The van der Waals surface area contributed by atoms with Crippen molar-refractivity contribution < 1.29 is 9.18 Å². The molecule has 2 aromatic rings. The minimum Gasteiger partial charge on any atom is -0.395 e. The van der Waals surface area contributed by atoms with E-state index in [1.54, 1.807) is 14.0 Å². The molecule has 0 fully saturated rings. The molecule has 1 heterocycles. The van der Waals surface area contributed by atoms with Crippen LogP contribution in [-0.4, -0.2) is 15.7 Å². The smallest absolute Gasteiger partial charge is 0.276 e. The van der Waals surface area contributed by atoms with Gasteiger partial charge in [0.15, 0.2) is 0 Å². The van der Waals surface area contributed by atoms with Gasteiger partial charge in [-0.1, -0.05) is 0 Å². The van der Waals surface area contributed by atoms with E-state index in [9.17, 15) is 9.18 Å². The van der Waals surface area contributed by atoms with E-state index in [0.29, 0.717) is 17.1 Å². The molecule has 2 rings (SSSR count). The maximum Gasteiger partial charge on any atom is 0.276 e. The maximum absolute atomic E-state index is 13.1. The average Bonchev–Trinajstić information content (AvgIpc) is 2.58. The first-order valence-electron chi connectivity index (χ1n) is 5.45. The van der Waals surface area contributed by atoms with E-state index in [1.807, 2.05) is 0 Å². The second kappa shape index (κ2) is 5.00. The SMILES string of the molecule is Cc1nn(C)c(C(=O)Nc2ccc(F)c(Br)c2)c1N. The van der Waals surface area contributed by atoms with Gasteiger partial charge in [-0.05, 0) is 41.1 Å². The zero-order valence-corrected chi connectivity index (χ0v) is 12.0. The number of hydrogen-bond donors (Lipinski definition) is 2. The van der Waals surface area contributed by atoms with Crippen LogP contribution in [0.5, 0.6) is 0 Å². The van der Waals surface area contributed by atoms with Crippen molar-refractivity contribution >= 4 is 33.2 Å². The number of carbonyl (C=O) groups excluding carboxylic acids is 1. The number of halogens is 2. The number of aromatic nitrogens is 2. The molecule has 0 bridgehead atoms. The molecule has 5 nitrogen and oxygen atoms in total. The molecule has 1 aromatic heterocycles. The number of anilines is 2. The maximum atomic E-state index is 13.1. The van der Waals surface area contributed by atoms with Crippen molar-refractivity contribution in [1.82, 2.24) is 9.78 Å². The van der Waals surface area contributed by atoms with Crippen LogP contribution in [-0.2, 0) is 7.05 Å². The van der Waals surface area contributed by atoms with Crippen molar-refractivity contribution in [2.45, 2.75) is 6.92 Å². The summed E-state index contributed by atoms with van der Waals surface area (Å²) in [6.45, 7) is 1.72. The third-order valence-corrected chi connectivity index (χ3v) is 3.27. The molecule has 100 valence electrons. The molecule has 0 aliphatic heterocycles. The third kappa shape index (κ3) is 2.60. The van der Waals surface area contributed by atoms with E-state index < -0.39 is 5.82 Å². The van der Waals surface area contributed by atoms with E-state index in [-0.39, 0.29) is 16.1 Å². The normalized spacial score (nSPS) is 10.5. The first-order valence-corrected chi connectivity index (χ1v) is 6.25. The number of benzene rings is 1. The number of rotatable bonds is 2. The molecular formula is C12H12BrFN4O. The summed E-state index contributed by atoms with van der Waals surface area (Å²) in [5.41, 5.74) is 7.47. The quantitative estimate of drug-likeness (QED) is 0.890. The number of amides is 1. The van der Waals surface area contributed by atoms with E-state index in [2.05, 4.69) is 26.3 Å². The van der Waals surface area contributed by atoms with Gasteiger partial charge in [-0.3, -0.25) is 9.48 Å². The predicted molar refractivity (Wildman–Crippen MR) is 74.4 cm³/mol. The van der Waals surface area contributed by atoms with Crippen LogP contribution >= 0.6 is 15.9 Å². The summed E-state index contributed by atoms with van der Waals surface area (Å²) >= 11 is 3.06. The number of hydrogen-bond acceptors (Lipinski definition) is 3. The Morgan fingerprint density at radius 3 is 2.74 bits per heavy atom. The summed E-state index contributed by atoms with van der Waals surface area (Å²) in [6.07, 6.45) is 0. The van der Waals surface area contributed by atoms with E-state index in [4.69, 9.17) is 5.73 Å². The minimum absolute atomic E-state index is 0.276. The summed E-state index contributed by atoms with van der Waals surface area (Å²) in [5, 5.41) is 6.71. The zero-order valence-electron chi connectivity index (χ0n) is 10.4. The molecule has 0 saturated carbocycles. The summed E-state index contributed by atoms with van der Waals surface area (Å²) in [5.74, 6) is -0.784. The van der Waals surface area contributed by atoms with Crippen LogP contribution in [0, 0.1) is 12.7 Å². The van der Waals surface area contributed by atoms with Crippen LogP contribution in [0.2, 0.25) is 0 Å². The first-order chi connectivity index (χ1) is 8.90. The van der Waals surface area contributed by atoms with Gasteiger partial charge < -0.3 is 11.1 Å². The molecule has 7 heteroatoms. The summed E-state index contributed by atoms with van der Waals surface area (Å²) in [4.78, 5) is 12.1. The van der Waals surface area contributed by atoms with Gasteiger partial charge in [-0.25, -0.2) is 4.39 Å². The number of carbonyl (C=O) groups is 1. The van der Waals surface area contributed by atoms with Gasteiger partial charge in [0.1, 0.15) is 11.5 Å². The van der Waals surface area contributed by atoms with Crippen molar-refractivity contribution in [3.8, 4) is 0 Å². The molecule has 0 spiro atoms. The number of aryl methyl sites for hydroxylation is 2. The van der Waals surface area contributed by atoms with Gasteiger partial charge in [0, 0.05) is 12.7 Å². The van der Waals surface area contributed by atoms with Crippen molar-refractivity contribution in [3.05, 3.63) is 39.9 Å². The molecule has 1 amide bonds. The topological polar surface area (TPSA) is 72.9 Å². The highest BCUT2D eigenvalue weighted by Crippen LogP contribution is 2.22.